The molecule has 0 fully saturated rings. The standard InChI is InChI=1S/C14H13Cl2NO/c1-9-5-6-11(15)7-13(9)18-14-10(8-17)3-2-4-12(14)16/h2-7H,8,17H2,1H3. The van der Waals surface area contributed by atoms with Gasteiger partial charge < -0.3 is 10.5 Å². The molecule has 0 heterocycles. The van der Waals surface area contributed by atoms with Crippen molar-refractivity contribution in [1.82, 2.24) is 0 Å². The molecule has 0 saturated heterocycles. The Morgan fingerprint density at radius 1 is 1.17 bits per heavy atom. The first-order valence-corrected chi connectivity index (χ1v) is 6.29. The van der Waals surface area contributed by atoms with Crippen LogP contribution in [0.1, 0.15) is 11.1 Å². The van der Waals surface area contributed by atoms with Crippen LogP contribution in [0.2, 0.25) is 10.0 Å². The molecule has 0 aromatic heterocycles. The fraction of sp³-hybridized carbons (Fsp3) is 0.143. The smallest absolute Gasteiger partial charge is 0.150 e. The molecule has 2 N–H and O–H groups in total. The minimum Gasteiger partial charge on any atom is -0.455 e. The number of halogens is 2. The molecule has 2 rings (SSSR count). The maximum atomic E-state index is 6.14. The van der Waals surface area contributed by atoms with Crippen molar-refractivity contribution >= 4 is 23.2 Å². The third kappa shape index (κ3) is 2.78. The van der Waals surface area contributed by atoms with Crippen LogP contribution in [0, 0.1) is 6.92 Å². The van der Waals surface area contributed by atoms with E-state index in [1.54, 1.807) is 12.1 Å². The van der Waals surface area contributed by atoms with Gasteiger partial charge in [0.25, 0.3) is 0 Å². The van der Waals surface area contributed by atoms with E-state index in [4.69, 9.17) is 33.7 Å². The molecule has 2 aromatic rings. The fourth-order valence-corrected chi connectivity index (χ4v) is 2.02. The van der Waals surface area contributed by atoms with Crippen LogP contribution < -0.4 is 10.5 Å². The normalized spacial score (nSPS) is 10.4. The average Bonchev–Trinajstić information content (AvgIpc) is 2.36. The van der Waals surface area contributed by atoms with Gasteiger partial charge in [-0.05, 0) is 30.7 Å². The van der Waals surface area contributed by atoms with Gasteiger partial charge in [-0.3, -0.25) is 0 Å². The molecule has 0 radical (unpaired) electrons. The lowest BCUT2D eigenvalue weighted by Crippen LogP contribution is -2.00. The van der Waals surface area contributed by atoms with Gasteiger partial charge in [-0.2, -0.15) is 0 Å². The molecule has 0 bridgehead atoms. The van der Waals surface area contributed by atoms with Gasteiger partial charge in [0.1, 0.15) is 11.5 Å². The summed E-state index contributed by atoms with van der Waals surface area (Å²) in [7, 11) is 0. The zero-order valence-electron chi connectivity index (χ0n) is 9.91. The van der Waals surface area contributed by atoms with Crippen LogP contribution in [0.4, 0.5) is 0 Å². The Kier molecular flexibility index (Phi) is 4.12. The van der Waals surface area contributed by atoms with Crippen molar-refractivity contribution in [2.75, 3.05) is 0 Å². The first-order valence-electron chi connectivity index (χ1n) is 5.53. The van der Waals surface area contributed by atoms with E-state index in [0.717, 1.165) is 11.1 Å². The van der Waals surface area contributed by atoms with Crippen molar-refractivity contribution in [2.45, 2.75) is 13.5 Å². The first kappa shape index (κ1) is 13.2. The molecule has 0 aliphatic carbocycles. The number of rotatable bonds is 3. The van der Waals surface area contributed by atoms with Gasteiger partial charge in [-0.25, -0.2) is 0 Å². The summed E-state index contributed by atoms with van der Waals surface area (Å²) in [6, 6.07) is 11.0. The Morgan fingerprint density at radius 3 is 2.67 bits per heavy atom. The molecule has 2 nitrogen and oxygen atoms in total. The predicted molar refractivity (Wildman–Crippen MR) is 75.6 cm³/mol. The van der Waals surface area contributed by atoms with E-state index in [9.17, 15) is 0 Å². The fourth-order valence-electron chi connectivity index (χ4n) is 1.62. The summed E-state index contributed by atoms with van der Waals surface area (Å²) < 4.78 is 5.85. The summed E-state index contributed by atoms with van der Waals surface area (Å²) in [6.07, 6.45) is 0. The van der Waals surface area contributed by atoms with Crippen LogP contribution in [0.25, 0.3) is 0 Å². The second-order valence-corrected chi connectivity index (χ2v) is 4.79. The van der Waals surface area contributed by atoms with Crippen LogP contribution in [0.15, 0.2) is 36.4 Å². The van der Waals surface area contributed by atoms with E-state index < -0.39 is 0 Å². The summed E-state index contributed by atoms with van der Waals surface area (Å²) in [5.74, 6) is 1.28. The third-order valence-electron chi connectivity index (χ3n) is 2.63. The van der Waals surface area contributed by atoms with E-state index in [-0.39, 0.29) is 0 Å². The van der Waals surface area contributed by atoms with Crippen molar-refractivity contribution in [2.24, 2.45) is 5.73 Å². The van der Waals surface area contributed by atoms with Gasteiger partial charge in [-0.1, -0.05) is 41.4 Å². The van der Waals surface area contributed by atoms with Crippen molar-refractivity contribution in [3.05, 3.63) is 57.6 Å². The lowest BCUT2D eigenvalue weighted by Gasteiger charge is -2.13. The number of hydrogen-bond acceptors (Lipinski definition) is 2. The zero-order chi connectivity index (χ0) is 13.1. The van der Waals surface area contributed by atoms with E-state index >= 15 is 0 Å². The van der Waals surface area contributed by atoms with Crippen molar-refractivity contribution < 1.29 is 4.74 Å². The van der Waals surface area contributed by atoms with Crippen molar-refractivity contribution in [3.63, 3.8) is 0 Å². The highest BCUT2D eigenvalue weighted by Crippen LogP contribution is 2.35. The molecule has 4 heteroatoms. The number of aryl methyl sites for hydroxylation is 1. The first-order chi connectivity index (χ1) is 8.61. The summed E-state index contributed by atoms with van der Waals surface area (Å²) in [5, 5.41) is 1.16. The van der Waals surface area contributed by atoms with Gasteiger partial charge in [-0.15, -0.1) is 0 Å². The summed E-state index contributed by atoms with van der Waals surface area (Å²) in [6.45, 7) is 2.32. The van der Waals surface area contributed by atoms with Crippen molar-refractivity contribution in [1.29, 1.82) is 0 Å². The Bertz CT molecular complexity index is 570. The molecule has 0 atom stereocenters. The van der Waals surface area contributed by atoms with Crippen LogP contribution >= 0.6 is 23.2 Å². The maximum Gasteiger partial charge on any atom is 0.150 e. The van der Waals surface area contributed by atoms with Gasteiger partial charge in [0.15, 0.2) is 0 Å². The summed E-state index contributed by atoms with van der Waals surface area (Å²) in [5.41, 5.74) is 7.53. The van der Waals surface area contributed by atoms with E-state index in [2.05, 4.69) is 0 Å². The van der Waals surface area contributed by atoms with Crippen LogP contribution in [0.3, 0.4) is 0 Å². The number of para-hydroxylation sites is 1. The molecule has 2 aromatic carbocycles. The van der Waals surface area contributed by atoms with Gasteiger partial charge in [0.05, 0.1) is 5.02 Å². The van der Waals surface area contributed by atoms with Crippen molar-refractivity contribution in [3.8, 4) is 11.5 Å². The molecule has 18 heavy (non-hydrogen) atoms. The third-order valence-corrected chi connectivity index (χ3v) is 3.16. The summed E-state index contributed by atoms with van der Waals surface area (Å²) in [4.78, 5) is 0. The highest BCUT2D eigenvalue weighted by Gasteiger charge is 2.10. The Morgan fingerprint density at radius 2 is 1.94 bits per heavy atom. The number of ether oxygens (including phenoxy) is 1. The Hall–Kier alpha value is -1.22. The molecule has 94 valence electrons. The second kappa shape index (κ2) is 5.61. The SMILES string of the molecule is Cc1ccc(Cl)cc1Oc1c(Cl)cccc1CN. The highest BCUT2D eigenvalue weighted by atomic mass is 35.5. The predicted octanol–water partition coefficient (Wildman–Crippen LogP) is 4.55. The average molecular weight is 282 g/mol. The minimum absolute atomic E-state index is 0.371. The largest absolute Gasteiger partial charge is 0.455 e. The Balaban J connectivity index is 2.42. The van der Waals surface area contributed by atoms with Crippen LogP contribution in [0.5, 0.6) is 11.5 Å². The molecule has 0 amide bonds. The van der Waals surface area contributed by atoms with Gasteiger partial charge >= 0.3 is 0 Å². The van der Waals surface area contributed by atoms with Crippen LogP contribution in [-0.4, -0.2) is 0 Å². The molecule has 0 saturated carbocycles. The topological polar surface area (TPSA) is 35.2 Å². The second-order valence-electron chi connectivity index (χ2n) is 3.94. The molecular weight excluding hydrogens is 269 g/mol. The molecule has 0 unspecified atom stereocenters. The number of benzene rings is 2. The molecule has 0 aliphatic rings. The number of hydrogen-bond donors (Lipinski definition) is 1. The van der Waals surface area contributed by atoms with Gasteiger partial charge in [0, 0.05) is 17.1 Å². The highest BCUT2D eigenvalue weighted by molar-refractivity contribution is 6.32. The van der Waals surface area contributed by atoms with E-state index in [0.29, 0.717) is 28.1 Å². The molecule has 0 spiro atoms. The number of nitrogens with two attached hydrogens (primary N) is 1. The minimum atomic E-state index is 0.371. The quantitative estimate of drug-likeness (QED) is 0.896. The monoisotopic (exact) mass is 281 g/mol. The molecular formula is C14H13Cl2NO. The van der Waals surface area contributed by atoms with Crippen LogP contribution in [-0.2, 0) is 6.54 Å². The Labute approximate surface area is 116 Å². The maximum absolute atomic E-state index is 6.14. The lowest BCUT2D eigenvalue weighted by molar-refractivity contribution is 0.473. The van der Waals surface area contributed by atoms with E-state index in [1.165, 1.54) is 0 Å². The summed E-state index contributed by atoms with van der Waals surface area (Å²) >= 11 is 12.1. The van der Waals surface area contributed by atoms with Gasteiger partial charge in [0.2, 0.25) is 0 Å². The zero-order valence-corrected chi connectivity index (χ0v) is 11.4. The van der Waals surface area contributed by atoms with E-state index in [1.807, 2.05) is 31.2 Å². The lowest BCUT2D eigenvalue weighted by atomic mass is 10.2. The molecule has 0 aliphatic heterocycles.